The van der Waals surface area contributed by atoms with Gasteiger partial charge in [-0.05, 0) is 48.5 Å². The molecule has 2 N–H and O–H groups in total. The first-order chi connectivity index (χ1) is 14.6. The number of carbonyl (C=O) groups excluding carboxylic acids is 1. The molecule has 11 heteroatoms. The van der Waals surface area contributed by atoms with E-state index in [2.05, 4.69) is 10.0 Å². The lowest BCUT2D eigenvalue weighted by Crippen LogP contribution is -2.20. The number of rotatable bonds is 8. The van der Waals surface area contributed by atoms with Crippen LogP contribution in [0.25, 0.3) is 0 Å². The van der Waals surface area contributed by atoms with E-state index in [1.165, 1.54) is 18.2 Å². The lowest BCUT2D eigenvalue weighted by atomic mass is 10.3. The maximum Gasteiger partial charge on any atom is 0.332 e. The van der Waals surface area contributed by atoms with E-state index >= 15 is 0 Å². The van der Waals surface area contributed by atoms with Crippen molar-refractivity contribution in [2.24, 2.45) is 0 Å². The lowest BCUT2D eigenvalue weighted by molar-refractivity contribution is -0.118. The summed E-state index contributed by atoms with van der Waals surface area (Å²) in [6.45, 7) is -0.287. The first kappa shape index (κ1) is 22.2. The van der Waals surface area contributed by atoms with Crippen molar-refractivity contribution in [3.63, 3.8) is 0 Å². The number of benzene rings is 3. The third-order valence-electron chi connectivity index (χ3n) is 3.93. The number of anilines is 2. The summed E-state index contributed by atoms with van der Waals surface area (Å²) >= 11 is 0. The van der Waals surface area contributed by atoms with Crippen molar-refractivity contribution in [2.45, 2.75) is 9.79 Å². The van der Waals surface area contributed by atoms with Crippen molar-refractivity contribution in [3.8, 4) is 5.75 Å². The predicted octanol–water partition coefficient (Wildman–Crippen LogP) is 3.16. The fourth-order valence-electron chi connectivity index (χ4n) is 2.51. The molecule has 0 atom stereocenters. The van der Waals surface area contributed by atoms with Crippen LogP contribution < -0.4 is 14.8 Å². The monoisotopic (exact) mass is 464 g/mol. The minimum atomic E-state index is -4.93. The van der Waals surface area contributed by atoms with Crippen molar-refractivity contribution < 1.29 is 30.3 Å². The molecule has 1 amide bonds. The van der Waals surface area contributed by atoms with Crippen LogP contribution in [-0.4, -0.2) is 29.3 Å². The molecule has 0 bridgehead atoms. The Morgan fingerprint density at radius 3 is 2.06 bits per heavy atom. The van der Waals surface area contributed by atoms with Crippen molar-refractivity contribution in [1.29, 1.82) is 0 Å². The minimum Gasteiger partial charge on any atom is -0.484 e. The van der Waals surface area contributed by atoms with E-state index in [-0.39, 0.29) is 28.8 Å². The molecule has 0 unspecified atom stereocenters. The zero-order chi connectivity index (χ0) is 22.5. The SMILES string of the molecule is O=C(COc1cccc(NS(=O)(=O)c2ccc(S(=O)(=O)F)cc2)c1)Nc1ccccc1. The molecule has 3 aromatic rings. The summed E-state index contributed by atoms with van der Waals surface area (Å²) in [4.78, 5) is 11.1. The van der Waals surface area contributed by atoms with E-state index in [0.717, 1.165) is 24.3 Å². The second kappa shape index (κ2) is 9.14. The van der Waals surface area contributed by atoms with Crippen LogP contribution in [-0.2, 0) is 25.0 Å². The molecule has 0 spiro atoms. The van der Waals surface area contributed by atoms with Crippen LogP contribution in [0.5, 0.6) is 5.75 Å². The molecule has 0 heterocycles. The summed E-state index contributed by atoms with van der Waals surface area (Å²) in [5.41, 5.74) is 0.771. The van der Waals surface area contributed by atoms with Crippen LogP contribution >= 0.6 is 0 Å². The minimum absolute atomic E-state index is 0.156. The van der Waals surface area contributed by atoms with Gasteiger partial charge in [0.15, 0.2) is 6.61 Å². The number of halogens is 1. The normalized spacial score (nSPS) is 11.5. The van der Waals surface area contributed by atoms with Crippen LogP contribution in [0, 0.1) is 0 Å². The van der Waals surface area contributed by atoms with E-state index in [9.17, 15) is 25.5 Å². The maximum absolute atomic E-state index is 13.0. The molecule has 0 saturated heterocycles. The predicted molar refractivity (Wildman–Crippen MR) is 113 cm³/mol. The van der Waals surface area contributed by atoms with Crippen molar-refractivity contribution in [2.75, 3.05) is 16.6 Å². The van der Waals surface area contributed by atoms with E-state index in [1.807, 2.05) is 6.07 Å². The first-order valence-electron chi connectivity index (χ1n) is 8.79. The van der Waals surface area contributed by atoms with Crippen molar-refractivity contribution in [1.82, 2.24) is 0 Å². The van der Waals surface area contributed by atoms with Crippen LogP contribution in [0.1, 0.15) is 0 Å². The number of sulfonamides is 1. The Morgan fingerprint density at radius 2 is 1.42 bits per heavy atom. The van der Waals surface area contributed by atoms with Gasteiger partial charge in [0.25, 0.3) is 15.9 Å². The van der Waals surface area contributed by atoms with Gasteiger partial charge in [-0.15, -0.1) is 3.89 Å². The molecule has 3 aromatic carbocycles. The zero-order valence-electron chi connectivity index (χ0n) is 15.9. The van der Waals surface area contributed by atoms with Crippen molar-refractivity contribution >= 4 is 37.5 Å². The molecule has 0 radical (unpaired) electrons. The molecule has 0 aliphatic rings. The van der Waals surface area contributed by atoms with Gasteiger partial charge >= 0.3 is 10.2 Å². The Hall–Kier alpha value is -3.44. The average molecular weight is 464 g/mol. The summed E-state index contributed by atoms with van der Waals surface area (Å²) in [5, 5.41) is 2.66. The molecule has 0 aromatic heterocycles. The number of nitrogens with one attached hydrogen (secondary N) is 2. The number of hydrogen-bond acceptors (Lipinski definition) is 6. The second-order valence-corrected chi connectivity index (χ2v) is 9.27. The quantitative estimate of drug-likeness (QED) is 0.495. The Balaban J connectivity index is 1.65. The molecule has 31 heavy (non-hydrogen) atoms. The highest BCUT2D eigenvalue weighted by Crippen LogP contribution is 2.22. The van der Waals surface area contributed by atoms with Gasteiger partial charge in [-0.3, -0.25) is 9.52 Å². The molecule has 162 valence electrons. The van der Waals surface area contributed by atoms with Gasteiger partial charge in [0.2, 0.25) is 0 Å². The number of ether oxygens (including phenoxy) is 1. The fourth-order valence-corrected chi connectivity index (χ4v) is 4.02. The van der Waals surface area contributed by atoms with Crippen molar-refractivity contribution in [3.05, 3.63) is 78.9 Å². The summed E-state index contributed by atoms with van der Waals surface area (Å²) in [7, 11) is -8.99. The number of amides is 1. The highest BCUT2D eigenvalue weighted by molar-refractivity contribution is 7.92. The molecule has 0 fully saturated rings. The van der Waals surface area contributed by atoms with Crippen LogP contribution in [0.4, 0.5) is 15.3 Å². The Bertz CT molecular complexity index is 1280. The summed E-state index contributed by atoms with van der Waals surface area (Å²) in [6.07, 6.45) is 0. The summed E-state index contributed by atoms with van der Waals surface area (Å²) in [6, 6.07) is 18.4. The van der Waals surface area contributed by atoms with Gasteiger partial charge in [-0.1, -0.05) is 24.3 Å². The van der Waals surface area contributed by atoms with Crippen LogP contribution in [0.2, 0.25) is 0 Å². The van der Waals surface area contributed by atoms with Gasteiger partial charge in [-0.25, -0.2) is 8.42 Å². The molecule has 0 aliphatic heterocycles. The smallest absolute Gasteiger partial charge is 0.332 e. The Morgan fingerprint density at radius 1 is 0.806 bits per heavy atom. The molecule has 0 aliphatic carbocycles. The first-order valence-corrected chi connectivity index (χ1v) is 11.7. The van der Waals surface area contributed by atoms with E-state index < -0.39 is 25.1 Å². The number of para-hydroxylation sites is 1. The van der Waals surface area contributed by atoms with Gasteiger partial charge in [0.1, 0.15) is 5.75 Å². The van der Waals surface area contributed by atoms with Crippen LogP contribution in [0.3, 0.4) is 0 Å². The molecular weight excluding hydrogens is 447 g/mol. The third-order valence-corrected chi connectivity index (χ3v) is 6.16. The average Bonchev–Trinajstić information content (AvgIpc) is 2.72. The zero-order valence-corrected chi connectivity index (χ0v) is 17.5. The van der Waals surface area contributed by atoms with Gasteiger partial charge in [-0.2, -0.15) is 8.42 Å². The lowest BCUT2D eigenvalue weighted by Gasteiger charge is -2.11. The maximum atomic E-state index is 13.0. The second-order valence-electron chi connectivity index (χ2n) is 6.25. The molecular formula is C20H17FN2O6S2. The van der Waals surface area contributed by atoms with Gasteiger partial charge in [0.05, 0.1) is 15.5 Å². The summed E-state index contributed by atoms with van der Waals surface area (Å²) < 4.78 is 67.4. The largest absolute Gasteiger partial charge is 0.484 e. The Labute approximate surface area is 178 Å². The molecule has 3 rings (SSSR count). The molecule has 8 nitrogen and oxygen atoms in total. The van der Waals surface area contributed by atoms with Gasteiger partial charge < -0.3 is 10.1 Å². The topological polar surface area (TPSA) is 119 Å². The fraction of sp³-hybridized carbons (Fsp3) is 0.0500. The number of carbonyl (C=O) groups is 1. The highest BCUT2D eigenvalue weighted by atomic mass is 32.3. The highest BCUT2D eigenvalue weighted by Gasteiger charge is 2.17. The Kier molecular flexibility index (Phi) is 6.56. The van der Waals surface area contributed by atoms with E-state index in [4.69, 9.17) is 4.74 Å². The molecule has 0 saturated carbocycles. The standard InChI is InChI=1S/C20H17FN2O6S2/c21-30(25,26)18-9-11-19(12-10-18)31(27,28)23-16-7-4-8-17(13-16)29-14-20(24)22-15-5-2-1-3-6-15/h1-13,23H,14H2,(H,22,24). The van der Waals surface area contributed by atoms with E-state index in [0.29, 0.717) is 5.69 Å². The number of hydrogen-bond donors (Lipinski definition) is 2. The van der Waals surface area contributed by atoms with E-state index in [1.54, 1.807) is 30.3 Å². The van der Waals surface area contributed by atoms with Crippen LogP contribution in [0.15, 0.2) is 88.7 Å². The summed E-state index contributed by atoms with van der Waals surface area (Å²) in [5.74, 6) is -0.137. The third kappa shape index (κ3) is 6.27. The van der Waals surface area contributed by atoms with Gasteiger partial charge in [0, 0.05) is 11.8 Å².